The van der Waals surface area contributed by atoms with Crippen molar-refractivity contribution in [1.29, 1.82) is 0 Å². The topological polar surface area (TPSA) is 57.3 Å². The van der Waals surface area contributed by atoms with Gasteiger partial charge >= 0.3 is 0 Å². The molecule has 1 aromatic heterocycles. The highest BCUT2D eigenvalue weighted by atomic mass is 35.5. The van der Waals surface area contributed by atoms with Crippen LogP contribution in [0.2, 0.25) is 5.02 Å². The van der Waals surface area contributed by atoms with Gasteiger partial charge in [0.1, 0.15) is 11.4 Å². The smallest absolute Gasteiger partial charge is 0.269 e. The molecule has 0 atom stereocenters. The van der Waals surface area contributed by atoms with Crippen LogP contribution in [0.15, 0.2) is 54.7 Å². The third-order valence-electron chi connectivity index (χ3n) is 3.73. The Morgan fingerprint density at radius 2 is 1.88 bits per heavy atom. The van der Waals surface area contributed by atoms with Crippen LogP contribution in [0.25, 0.3) is 10.9 Å². The van der Waals surface area contributed by atoms with E-state index in [9.17, 15) is 10.1 Å². The van der Waals surface area contributed by atoms with E-state index >= 15 is 0 Å². The molecule has 3 aromatic rings. The summed E-state index contributed by atoms with van der Waals surface area (Å²) in [4.78, 5) is 10.3. The lowest BCUT2D eigenvalue weighted by atomic mass is 10.1. The van der Waals surface area contributed by atoms with E-state index in [4.69, 9.17) is 16.3 Å². The summed E-state index contributed by atoms with van der Waals surface area (Å²) in [5, 5.41) is 12.5. The first kappa shape index (κ1) is 16.3. The Bertz CT molecular complexity index is 885. The fourth-order valence-electron chi connectivity index (χ4n) is 2.71. The molecule has 1 heterocycles. The molecule has 2 aromatic carbocycles. The number of nitro groups is 1. The number of fused-ring (bicyclic) bond motifs is 1. The van der Waals surface area contributed by atoms with Crippen LogP contribution in [-0.4, -0.2) is 15.1 Å². The summed E-state index contributed by atoms with van der Waals surface area (Å²) in [5.41, 5.74) is 0.648. The first-order chi connectivity index (χ1) is 11.3. The highest BCUT2D eigenvalue weighted by molar-refractivity contribution is 6.31. The highest BCUT2D eigenvalue weighted by Gasteiger charge is 2.22. The summed E-state index contributed by atoms with van der Waals surface area (Å²) < 4.78 is 8.12. The predicted molar refractivity (Wildman–Crippen MR) is 94.8 cm³/mol. The Balaban J connectivity index is 1.78. The molecule has 0 aliphatic carbocycles. The Morgan fingerprint density at radius 1 is 1.17 bits per heavy atom. The van der Waals surface area contributed by atoms with Crippen LogP contribution in [0.5, 0.6) is 5.75 Å². The van der Waals surface area contributed by atoms with Gasteiger partial charge in [-0.25, -0.2) is 0 Å². The molecule has 6 heteroatoms. The SMILES string of the molecule is CC(C)(Cn1ccc2cc(Cl)ccc21)Oc1ccc([N+](=O)[O-])cc1. The molecule has 0 N–H and O–H groups in total. The molecule has 0 saturated heterocycles. The molecule has 0 unspecified atom stereocenters. The largest absolute Gasteiger partial charge is 0.486 e. The van der Waals surface area contributed by atoms with Gasteiger partial charge in [-0.15, -0.1) is 0 Å². The monoisotopic (exact) mass is 344 g/mol. The lowest BCUT2D eigenvalue weighted by Crippen LogP contribution is -2.33. The van der Waals surface area contributed by atoms with Crippen molar-refractivity contribution in [2.45, 2.75) is 26.0 Å². The normalized spacial score (nSPS) is 11.6. The third kappa shape index (κ3) is 3.51. The van der Waals surface area contributed by atoms with E-state index in [1.807, 2.05) is 44.3 Å². The summed E-state index contributed by atoms with van der Waals surface area (Å²) in [6.45, 7) is 4.60. The molecule has 0 aliphatic heterocycles. The van der Waals surface area contributed by atoms with Gasteiger partial charge in [0.15, 0.2) is 0 Å². The molecule has 0 aliphatic rings. The number of non-ortho nitro benzene ring substituents is 1. The molecule has 5 nitrogen and oxygen atoms in total. The summed E-state index contributed by atoms with van der Waals surface area (Å²) in [7, 11) is 0. The van der Waals surface area contributed by atoms with E-state index in [0.29, 0.717) is 17.3 Å². The van der Waals surface area contributed by atoms with Crippen LogP contribution < -0.4 is 4.74 Å². The molecule has 24 heavy (non-hydrogen) atoms. The van der Waals surface area contributed by atoms with E-state index in [-0.39, 0.29) is 5.69 Å². The zero-order chi connectivity index (χ0) is 17.3. The van der Waals surface area contributed by atoms with Crippen LogP contribution >= 0.6 is 11.6 Å². The first-order valence-electron chi connectivity index (χ1n) is 7.52. The number of benzene rings is 2. The number of aromatic nitrogens is 1. The third-order valence-corrected chi connectivity index (χ3v) is 3.96. The Morgan fingerprint density at radius 3 is 2.54 bits per heavy atom. The molecule has 124 valence electrons. The zero-order valence-electron chi connectivity index (χ0n) is 13.4. The van der Waals surface area contributed by atoms with E-state index < -0.39 is 10.5 Å². The maximum atomic E-state index is 10.7. The van der Waals surface area contributed by atoms with Gasteiger partial charge in [-0.1, -0.05) is 11.6 Å². The van der Waals surface area contributed by atoms with Gasteiger partial charge in [0.2, 0.25) is 0 Å². The summed E-state index contributed by atoms with van der Waals surface area (Å²) in [5.74, 6) is 0.602. The predicted octanol–water partition coefficient (Wildman–Crippen LogP) is 5.06. The fourth-order valence-corrected chi connectivity index (χ4v) is 2.89. The zero-order valence-corrected chi connectivity index (χ0v) is 14.2. The summed E-state index contributed by atoms with van der Waals surface area (Å²) in [6.07, 6.45) is 2.00. The van der Waals surface area contributed by atoms with E-state index in [0.717, 1.165) is 10.9 Å². The molecule has 0 radical (unpaired) electrons. The maximum absolute atomic E-state index is 10.7. The van der Waals surface area contributed by atoms with Crippen LogP contribution in [0, 0.1) is 10.1 Å². The molecule has 3 rings (SSSR count). The number of hydrogen-bond acceptors (Lipinski definition) is 3. The van der Waals surface area contributed by atoms with Crippen LogP contribution in [0.4, 0.5) is 5.69 Å². The van der Waals surface area contributed by atoms with Gasteiger partial charge < -0.3 is 9.30 Å². The Kier molecular flexibility index (Phi) is 4.20. The average Bonchev–Trinajstić information content (AvgIpc) is 2.88. The lowest BCUT2D eigenvalue weighted by Gasteiger charge is -2.27. The first-order valence-corrected chi connectivity index (χ1v) is 7.90. The number of halogens is 1. The van der Waals surface area contributed by atoms with Crippen molar-refractivity contribution in [3.8, 4) is 5.75 Å². The second-order valence-corrected chi connectivity index (χ2v) is 6.70. The van der Waals surface area contributed by atoms with Gasteiger partial charge in [-0.2, -0.15) is 0 Å². The van der Waals surface area contributed by atoms with E-state index in [1.165, 1.54) is 12.1 Å². The number of nitrogens with zero attached hydrogens (tertiary/aromatic N) is 2. The molecule has 0 bridgehead atoms. The number of rotatable bonds is 5. The van der Waals surface area contributed by atoms with Crippen molar-refractivity contribution >= 4 is 28.2 Å². The summed E-state index contributed by atoms with van der Waals surface area (Å²) >= 11 is 6.02. The van der Waals surface area contributed by atoms with Crippen LogP contribution in [0.3, 0.4) is 0 Å². The molecular weight excluding hydrogens is 328 g/mol. The summed E-state index contributed by atoms with van der Waals surface area (Å²) in [6, 6.07) is 13.9. The average molecular weight is 345 g/mol. The Labute approximate surface area is 144 Å². The van der Waals surface area contributed by atoms with Gasteiger partial charge in [-0.05, 0) is 50.2 Å². The van der Waals surface area contributed by atoms with Crippen LogP contribution in [0.1, 0.15) is 13.8 Å². The van der Waals surface area contributed by atoms with Gasteiger partial charge in [0, 0.05) is 34.3 Å². The maximum Gasteiger partial charge on any atom is 0.269 e. The van der Waals surface area contributed by atoms with Gasteiger partial charge in [0.25, 0.3) is 5.69 Å². The molecule has 0 saturated carbocycles. The standard InChI is InChI=1S/C18H17ClN2O3/c1-18(2,24-16-6-4-15(5-7-16)21(22)23)12-20-10-9-13-11-14(19)3-8-17(13)20/h3-11H,12H2,1-2H3. The lowest BCUT2D eigenvalue weighted by molar-refractivity contribution is -0.384. The van der Waals surface area contributed by atoms with Gasteiger partial charge in [-0.3, -0.25) is 10.1 Å². The van der Waals surface area contributed by atoms with Crippen molar-refractivity contribution in [2.24, 2.45) is 0 Å². The minimum Gasteiger partial charge on any atom is -0.486 e. The van der Waals surface area contributed by atoms with Crippen molar-refractivity contribution in [1.82, 2.24) is 4.57 Å². The molecule has 0 amide bonds. The number of nitro benzene ring substituents is 1. The van der Waals surface area contributed by atoms with Crippen molar-refractivity contribution in [3.63, 3.8) is 0 Å². The van der Waals surface area contributed by atoms with Crippen molar-refractivity contribution in [3.05, 3.63) is 69.9 Å². The molecule has 0 fully saturated rings. The van der Waals surface area contributed by atoms with Crippen LogP contribution in [-0.2, 0) is 6.54 Å². The fraction of sp³-hybridized carbons (Fsp3) is 0.222. The number of ether oxygens (including phenoxy) is 1. The Hall–Kier alpha value is -2.53. The minimum absolute atomic E-state index is 0.0495. The van der Waals surface area contributed by atoms with E-state index in [2.05, 4.69) is 4.57 Å². The van der Waals surface area contributed by atoms with Crippen molar-refractivity contribution in [2.75, 3.05) is 0 Å². The molecule has 0 spiro atoms. The molecular formula is C18H17ClN2O3. The second-order valence-electron chi connectivity index (χ2n) is 6.26. The second kappa shape index (κ2) is 6.17. The quantitative estimate of drug-likeness (QED) is 0.480. The van der Waals surface area contributed by atoms with Crippen molar-refractivity contribution < 1.29 is 9.66 Å². The number of hydrogen-bond donors (Lipinski definition) is 0. The van der Waals surface area contributed by atoms with Gasteiger partial charge in [0.05, 0.1) is 11.5 Å². The minimum atomic E-state index is -0.484. The highest BCUT2D eigenvalue weighted by Crippen LogP contribution is 2.26. The van der Waals surface area contributed by atoms with E-state index in [1.54, 1.807) is 12.1 Å².